The van der Waals surface area contributed by atoms with Gasteiger partial charge in [-0.05, 0) is 43.0 Å². The number of nitro benzene ring substituents is 1. The van der Waals surface area contributed by atoms with Gasteiger partial charge in [-0.15, -0.1) is 0 Å². The Labute approximate surface area is 184 Å². The van der Waals surface area contributed by atoms with Crippen LogP contribution in [-0.4, -0.2) is 28.3 Å². The summed E-state index contributed by atoms with van der Waals surface area (Å²) >= 11 is 0. The summed E-state index contributed by atoms with van der Waals surface area (Å²) < 4.78 is 0. The lowest BCUT2D eigenvalue weighted by Gasteiger charge is -2.16. The van der Waals surface area contributed by atoms with Crippen molar-refractivity contribution in [3.05, 3.63) is 76.5 Å². The number of hydrogen-bond acceptors (Lipinski definition) is 5. The molecule has 0 bridgehead atoms. The van der Waals surface area contributed by atoms with Crippen LogP contribution in [0.25, 0.3) is 10.9 Å². The van der Waals surface area contributed by atoms with Gasteiger partial charge in [-0.2, -0.15) is 0 Å². The van der Waals surface area contributed by atoms with Crippen LogP contribution in [0.5, 0.6) is 0 Å². The fourth-order valence-corrected chi connectivity index (χ4v) is 4.68. The Morgan fingerprint density at radius 2 is 1.78 bits per heavy atom. The monoisotopic (exact) mass is 430 g/mol. The van der Waals surface area contributed by atoms with Crippen molar-refractivity contribution in [1.29, 1.82) is 0 Å². The molecule has 32 heavy (non-hydrogen) atoms. The van der Waals surface area contributed by atoms with Gasteiger partial charge in [-0.1, -0.05) is 30.4 Å². The van der Waals surface area contributed by atoms with Crippen molar-refractivity contribution in [1.82, 2.24) is 4.98 Å². The number of carbonyl (C=O) groups is 2. The maximum absolute atomic E-state index is 12.8. The number of amides is 2. The number of carbonyl (C=O) groups excluding carboxylic acids is 2. The van der Waals surface area contributed by atoms with Gasteiger partial charge in [0.2, 0.25) is 11.8 Å². The number of aromatic amines is 1. The van der Waals surface area contributed by atoms with Crippen molar-refractivity contribution in [3.8, 4) is 0 Å². The Morgan fingerprint density at radius 1 is 1.06 bits per heavy atom. The van der Waals surface area contributed by atoms with Gasteiger partial charge in [0.1, 0.15) is 5.69 Å². The van der Waals surface area contributed by atoms with Crippen molar-refractivity contribution in [2.75, 3.05) is 16.8 Å². The normalized spacial score (nSPS) is 20.1. The molecule has 2 N–H and O–H groups in total. The average molecular weight is 430 g/mol. The second-order valence-electron chi connectivity index (χ2n) is 8.16. The Morgan fingerprint density at radius 3 is 2.50 bits per heavy atom. The van der Waals surface area contributed by atoms with E-state index in [0.717, 1.165) is 21.4 Å². The molecular weight excluding hydrogens is 408 g/mol. The molecule has 8 nitrogen and oxygen atoms in total. The molecule has 1 aliphatic heterocycles. The number of nitro groups is 1. The molecule has 5 rings (SSSR count). The summed E-state index contributed by atoms with van der Waals surface area (Å²) in [5.74, 6) is -1.31. The first-order valence-corrected chi connectivity index (χ1v) is 10.6. The summed E-state index contributed by atoms with van der Waals surface area (Å²) in [6, 6.07) is 12.5. The number of imide groups is 1. The molecule has 2 aromatic carbocycles. The van der Waals surface area contributed by atoms with Crippen LogP contribution in [0.4, 0.5) is 17.1 Å². The van der Waals surface area contributed by atoms with Gasteiger partial charge in [-0.25, -0.2) is 4.90 Å². The average Bonchev–Trinajstić information content (AvgIpc) is 3.33. The van der Waals surface area contributed by atoms with E-state index in [0.29, 0.717) is 31.5 Å². The van der Waals surface area contributed by atoms with E-state index in [2.05, 4.69) is 10.3 Å². The number of anilines is 2. The molecule has 1 fully saturated rings. The van der Waals surface area contributed by atoms with Gasteiger partial charge < -0.3 is 10.3 Å². The molecule has 1 aromatic heterocycles. The number of benzene rings is 2. The zero-order valence-electron chi connectivity index (χ0n) is 17.3. The second kappa shape index (κ2) is 7.96. The molecule has 1 aliphatic carbocycles. The number of H-pyrrole nitrogens is 1. The number of nitrogens with one attached hydrogen (secondary N) is 2. The Hall–Kier alpha value is -3.94. The Kier molecular flexibility index (Phi) is 4.97. The minimum atomic E-state index is -0.489. The highest BCUT2D eigenvalue weighted by Gasteiger charge is 2.48. The molecule has 0 spiro atoms. The van der Waals surface area contributed by atoms with Crippen LogP contribution in [0.1, 0.15) is 18.4 Å². The second-order valence-corrected chi connectivity index (χ2v) is 8.16. The quantitative estimate of drug-likeness (QED) is 0.264. The zero-order valence-corrected chi connectivity index (χ0v) is 17.3. The van der Waals surface area contributed by atoms with Gasteiger partial charge in [-0.3, -0.25) is 19.7 Å². The molecular formula is C24H22N4O4. The van der Waals surface area contributed by atoms with Crippen LogP contribution in [0.15, 0.2) is 60.8 Å². The van der Waals surface area contributed by atoms with E-state index < -0.39 is 4.92 Å². The predicted octanol–water partition coefficient (Wildman–Crippen LogP) is 4.19. The highest BCUT2D eigenvalue weighted by atomic mass is 16.6. The van der Waals surface area contributed by atoms with Gasteiger partial charge in [0.15, 0.2) is 0 Å². The molecule has 0 saturated carbocycles. The fourth-order valence-electron chi connectivity index (χ4n) is 4.68. The molecule has 2 unspecified atom stereocenters. The molecule has 162 valence electrons. The number of fused-ring (bicyclic) bond motifs is 2. The molecule has 8 heteroatoms. The topological polar surface area (TPSA) is 108 Å². The lowest BCUT2D eigenvalue weighted by molar-refractivity contribution is -0.383. The fraction of sp³-hybridized carbons (Fsp3) is 0.250. The molecule has 1 saturated heterocycles. The van der Waals surface area contributed by atoms with E-state index in [4.69, 9.17) is 0 Å². The van der Waals surface area contributed by atoms with Crippen molar-refractivity contribution >= 4 is 39.8 Å². The third-order valence-electron chi connectivity index (χ3n) is 6.33. The molecule has 2 heterocycles. The molecule has 3 aromatic rings. The molecule has 0 radical (unpaired) electrons. The van der Waals surface area contributed by atoms with E-state index >= 15 is 0 Å². The SMILES string of the molecule is O=C1C2CC=CCC2C(=O)N1c1ccc(NCCc2c[nH]c3ccccc23)c([N+](=O)[O-])c1. The van der Waals surface area contributed by atoms with Crippen molar-refractivity contribution in [2.24, 2.45) is 11.8 Å². The summed E-state index contributed by atoms with van der Waals surface area (Å²) in [5.41, 5.74) is 2.63. The third-order valence-corrected chi connectivity index (χ3v) is 6.33. The molecule has 2 aliphatic rings. The van der Waals surface area contributed by atoms with Crippen molar-refractivity contribution in [3.63, 3.8) is 0 Å². The van der Waals surface area contributed by atoms with Crippen molar-refractivity contribution < 1.29 is 14.5 Å². The van der Waals surface area contributed by atoms with E-state index in [1.807, 2.05) is 42.6 Å². The zero-order chi connectivity index (χ0) is 22.2. The van der Waals surface area contributed by atoms with Crippen LogP contribution in [0.3, 0.4) is 0 Å². The summed E-state index contributed by atoms with van der Waals surface area (Å²) in [6.07, 6.45) is 7.52. The van der Waals surface area contributed by atoms with E-state index in [-0.39, 0.29) is 35.0 Å². The summed E-state index contributed by atoms with van der Waals surface area (Å²) in [5, 5.41) is 16.0. The molecule has 2 atom stereocenters. The van der Waals surface area contributed by atoms with Gasteiger partial charge in [0, 0.05) is 29.7 Å². The van der Waals surface area contributed by atoms with E-state index in [1.54, 1.807) is 12.1 Å². The van der Waals surface area contributed by atoms with Crippen LogP contribution in [-0.2, 0) is 16.0 Å². The largest absolute Gasteiger partial charge is 0.379 e. The number of aromatic nitrogens is 1. The summed E-state index contributed by atoms with van der Waals surface area (Å²) in [6.45, 7) is 0.499. The minimum Gasteiger partial charge on any atom is -0.379 e. The van der Waals surface area contributed by atoms with Gasteiger partial charge in [0.25, 0.3) is 5.69 Å². The standard InChI is InChI=1S/C24H22N4O4/c29-23-18-6-1-2-7-19(18)24(30)27(23)16-9-10-21(22(13-16)28(31)32)25-12-11-15-14-26-20-8-4-3-5-17(15)20/h1-5,8-10,13-14,18-19,25-26H,6-7,11-12H2. The number of rotatable bonds is 6. The highest BCUT2D eigenvalue weighted by molar-refractivity contribution is 6.22. The summed E-state index contributed by atoms with van der Waals surface area (Å²) in [4.78, 5) is 41.2. The van der Waals surface area contributed by atoms with Crippen molar-refractivity contribution in [2.45, 2.75) is 19.3 Å². The maximum Gasteiger partial charge on any atom is 0.294 e. The smallest absolute Gasteiger partial charge is 0.294 e. The van der Waals surface area contributed by atoms with Gasteiger partial charge >= 0.3 is 0 Å². The van der Waals surface area contributed by atoms with Crippen LogP contribution >= 0.6 is 0 Å². The highest BCUT2D eigenvalue weighted by Crippen LogP contribution is 2.39. The predicted molar refractivity (Wildman–Crippen MR) is 121 cm³/mol. The first kappa shape index (κ1) is 20.0. The Balaban J connectivity index is 1.35. The lowest BCUT2D eigenvalue weighted by Crippen LogP contribution is -2.30. The Bertz CT molecular complexity index is 1240. The van der Waals surface area contributed by atoms with Crippen LogP contribution in [0.2, 0.25) is 0 Å². The lowest BCUT2D eigenvalue weighted by atomic mass is 9.85. The summed E-state index contributed by atoms with van der Waals surface area (Å²) in [7, 11) is 0. The van der Waals surface area contributed by atoms with Crippen LogP contribution in [0, 0.1) is 22.0 Å². The number of para-hydroxylation sites is 1. The van der Waals surface area contributed by atoms with Crippen LogP contribution < -0.4 is 10.2 Å². The van der Waals surface area contributed by atoms with E-state index in [1.165, 1.54) is 6.07 Å². The minimum absolute atomic E-state index is 0.157. The van der Waals surface area contributed by atoms with Gasteiger partial charge in [0.05, 0.1) is 22.4 Å². The number of nitrogens with zero attached hydrogens (tertiary/aromatic N) is 2. The first-order chi connectivity index (χ1) is 15.5. The maximum atomic E-state index is 12.8. The third kappa shape index (κ3) is 3.33. The number of allylic oxidation sites excluding steroid dienone is 2. The number of hydrogen-bond donors (Lipinski definition) is 2. The molecule has 2 amide bonds. The first-order valence-electron chi connectivity index (χ1n) is 10.6. The van der Waals surface area contributed by atoms with E-state index in [9.17, 15) is 19.7 Å².